The van der Waals surface area contributed by atoms with E-state index in [-0.39, 0.29) is 39.6 Å². The number of carbonyl (C=O) groups is 2. The van der Waals surface area contributed by atoms with Gasteiger partial charge in [-0.15, -0.1) is 0 Å². The van der Waals surface area contributed by atoms with E-state index in [4.69, 9.17) is 26.1 Å². The second kappa shape index (κ2) is 12.9. The van der Waals surface area contributed by atoms with Gasteiger partial charge in [0.25, 0.3) is 0 Å². The van der Waals surface area contributed by atoms with Gasteiger partial charge in [0.1, 0.15) is 17.2 Å². The number of aromatic nitrogens is 4. The molecule has 47 heavy (non-hydrogen) atoms. The molecule has 0 aliphatic carbocycles. The molecule has 13 heteroatoms. The molecule has 0 spiro atoms. The molecular formula is C34H38ClFN6O5. The van der Waals surface area contributed by atoms with Crippen molar-refractivity contribution in [1.29, 1.82) is 0 Å². The normalized spacial score (nSPS) is 15.3. The monoisotopic (exact) mass is 664 g/mol. The number of hydrogen-bond donors (Lipinski definition) is 0. The Bertz CT molecular complexity index is 1940. The molecule has 1 aromatic carbocycles. The quantitative estimate of drug-likeness (QED) is 0.222. The highest BCUT2D eigenvalue weighted by Gasteiger charge is 2.33. The van der Waals surface area contributed by atoms with Crippen LogP contribution in [-0.4, -0.2) is 67.8 Å². The third kappa shape index (κ3) is 6.78. The van der Waals surface area contributed by atoms with Gasteiger partial charge in [0.2, 0.25) is 0 Å². The standard InChI is InChI=1S/C34H38ClFN6O5/c1-18(2)27-29(20(4)26(16-37-27)46-21(5)43)42-31-23(15-24(35)28(38-31)22-11-9-10-12-25(22)36)30(39-32(42)44)41-14-13-40(17-19(41)3)33(45)47-34(6,7)8/h9-12,15-16,18-19H,13-14,17H2,1-8H3/t19-/m0/s1. The lowest BCUT2D eigenvalue weighted by Gasteiger charge is -2.41. The Labute approximate surface area is 277 Å². The van der Waals surface area contributed by atoms with E-state index in [1.165, 1.54) is 23.8 Å². The Balaban J connectivity index is 1.76. The van der Waals surface area contributed by atoms with Crippen LogP contribution in [0.5, 0.6) is 5.75 Å². The molecule has 1 aliphatic heterocycles. The maximum Gasteiger partial charge on any atom is 0.410 e. The molecule has 0 N–H and O–H groups in total. The average molecular weight is 665 g/mol. The molecule has 1 fully saturated rings. The third-order valence-corrected chi connectivity index (χ3v) is 8.08. The van der Waals surface area contributed by atoms with Crippen molar-refractivity contribution >= 4 is 40.5 Å². The van der Waals surface area contributed by atoms with Crippen LogP contribution < -0.4 is 15.3 Å². The summed E-state index contributed by atoms with van der Waals surface area (Å²) < 4.78 is 27.4. The number of pyridine rings is 2. The van der Waals surface area contributed by atoms with E-state index in [1.54, 1.807) is 36.1 Å². The zero-order chi connectivity index (χ0) is 34.4. The summed E-state index contributed by atoms with van der Waals surface area (Å²) in [5.74, 6) is -0.740. The van der Waals surface area contributed by atoms with E-state index in [9.17, 15) is 14.4 Å². The maximum absolute atomic E-state index is 15.1. The molecule has 4 aromatic rings. The van der Waals surface area contributed by atoms with Crippen molar-refractivity contribution in [3.63, 3.8) is 0 Å². The highest BCUT2D eigenvalue weighted by molar-refractivity contribution is 6.33. The Morgan fingerprint density at radius 3 is 2.45 bits per heavy atom. The Morgan fingerprint density at radius 1 is 1.13 bits per heavy atom. The zero-order valence-corrected chi connectivity index (χ0v) is 28.5. The number of piperazine rings is 1. The number of rotatable bonds is 5. The molecule has 4 heterocycles. The van der Waals surface area contributed by atoms with Gasteiger partial charge in [0.05, 0.1) is 33.7 Å². The minimum Gasteiger partial charge on any atom is -0.444 e. The summed E-state index contributed by atoms with van der Waals surface area (Å²) in [6.07, 6.45) is 1.03. The summed E-state index contributed by atoms with van der Waals surface area (Å²) >= 11 is 6.81. The second-order valence-electron chi connectivity index (χ2n) is 12.9. The average Bonchev–Trinajstić information content (AvgIpc) is 2.97. The van der Waals surface area contributed by atoms with Crippen LogP contribution in [0.25, 0.3) is 28.0 Å². The van der Waals surface area contributed by atoms with Gasteiger partial charge in [0.15, 0.2) is 11.4 Å². The van der Waals surface area contributed by atoms with Gasteiger partial charge in [-0.2, -0.15) is 4.98 Å². The first-order valence-corrected chi connectivity index (χ1v) is 15.8. The van der Waals surface area contributed by atoms with Gasteiger partial charge < -0.3 is 19.3 Å². The minimum absolute atomic E-state index is 0.137. The van der Waals surface area contributed by atoms with E-state index in [1.807, 2.05) is 46.4 Å². The number of carbonyl (C=O) groups excluding carboxylic acids is 2. The van der Waals surface area contributed by atoms with Gasteiger partial charge in [-0.1, -0.05) is 37.6 Å². The SMILES string of the molecule is CC(=O)Oc1cnc(C(C)C)c(-n2c(=O)nc(N3CCN(C(=O)OC(C)(C)C)C[C@@H]3C)c3cc(Cl)c(-c4ccccc4F)nc32)c1C. The van der Waals surface area contributed by atoms with Crippen molar-refractivity contribution in [2.75, 3.05) is 24.5 Å². The summed E-state index contributed by atoms with van der Waals surface area (Å²) in [6, 6.07) is 7.46. The van der Waals surface area contributed by atoms with Crippen LogP contribution in [0, 0.1) is 12.7 Å². The molecule has 3 aromatic heterocycles. The molecular weight excluding hydrogens is 627 g/mol. The van der Waals surface area contributed by atoms with Crippen LogP contribution in [0.3, 0.4) is 0 Å². The van der Waals surface area contributed by atoms with E-state index >= 15 is 4.39 Å². The smallest absolute Gasteiger partial charge is 0.410 e. The zero-order valence-electron chi connectivity index (χ0n) is 27.7. The van der Waals surface area contributed by atoms with Gasteiger partial charge in [-0.05, 0) is 58.7 Å². The Morgan fingerprint density at radius 2 is 1.83 bits per heavy atom. The molecule has 1 saturated heterocycles. The maximum atomic E-state index is 15.1. The van der Waals surface area contributed by atoms with Gasteiger partial charge in [-0.25, -0.2) is 23.5 Å². The number of hydrogen-bond acceptors (Lipinski definition) is 9. The molecule has 1 amide bonds. The lowest BCUT2D eigenvalue weighted by Crippen LogP contribution is -2.55. The summed E-state index contributed by atoms with van der Waals surface area (Å²) in [4.78, 5) is 56.6. The lowest BCUT2D eigenvalue weighted by atomic mass is 10.0. The first-order chi connectivity index (χ1) is 22.1. The summed E-state index contributed by atoms with van der Waals surface area (Å²) in [5, 5.41) is 0.586. The number of nitrogens with zero attached hydrogens (tertiary/aromatic N) is 6. The fourth-order valence-corrected chi connectivity index (χ4v) is 5.94. The van der Waals surface area contributed by atoms with Crippen LogP contribution in [0.2, 0.25) is 5.02 Å². The number of ether oxygens (including phenoxy) is 2. The first-order valence-electron chi connectivity index (χ1n) is 15.4. The number of fused-ring (bicyclic) bond motifs is 1. The number of halogens is 2. The molecule has 248 valence electrons. The number of anilines is 1. The van der Waals surface area contributed by atoms with Crippen LogP contribution in [0.4, 0.5) is 15.0 Å². The minimum atomic E-state index is -0.671. The van der Waals surface area contributed by atoms with E-state index < -0.39 is 29.2 Å². The van der Waals surface area contributed by atoms with E-state index in [0.717, 1.165) is 0 Å². The van der Waals surface area contributed by atoms with Crippen molar-refractivity contribution in [2.24, 2.45) is 0 Å². The van der Waals surface area contributed by atoms with Crippen molar-refractivity contribution in [1.82, 2.24) is 24.4 Å². The van der Waals surface area contributed by atoms with Crippen LogP contribution in [0.15, 0.2) is 41.3 Å². The summed E-state index contributed by atoms with van der Waals surface area (Å²) in [7, 11) is 0. The predicted molar refractivity (Wildman–Crippen MR) is 178 cm³/mol. The fraction of sp³-hybridized carbons (Fsp3) is 0.412. The Hall–Kier alpha value is -4.58. The van der Waals surface area contributed by atoms with E-state index in [0.29, 0.717) is 47.8 Å². The van der Waals surface area contributed by atoms with Crippen molar-refractivity contribution in [3.8, 4) is 22.7 Å². The number of benzene rings is 1. The van der Waals surface area contributed by atoms with Crippen molar-refractivity contribution in [3.05, 3.63) is 69.1 Å². The number of amides is 1. The second-order valence-corrected chi connectivity index (χ2v) is 13.3. The molecule has 0 unspecified atom stereocenters. The van der Waals surface area contributed by atoms with Crippen molar-refractivity contribution < 1.29 is 23.5 Å². The Kier molecular flexibility index (Phi) is 9.27. The summed E-state index contributed by atoms with van der Waals surface area (Å²) in [6.45, 7) is 15.2. The third-order valence-electron chi connectivity index (χ3n) is 7.79. The lowest BCUT2D eigenvalue weighted by molar-refractivity contribution is -0.131. The molecule has 0 bridgehead atoms. The van der Waals surface area contributed by atoms with E-state index in [2.05, 4.69) is 9.97 Å². The van der Waals surface area contributed by atoms with Gasteiger partial charge >= 0.3 is 17.8 Å². The first kappa shape index (κ1) is 33.8. The largest absolute Gasteiger partial charge is 0.444 e. The highest BCUT2D eigenvalue weighted by atomic mass is 35.5. The predicted octanol–water partition coefficient (Wildman–Crippen LogP) is 6.44. The molecule has 0 saturated carbocycles. The van der Waals surface area contributed by atoms with Crippen LogP contribution >= 0.6 is 11.6 Å². The molecule has 1 atom stereocenters. The highest BCUT2D eigenvalue weighted by Crippen LogP contribution is 2.37. The molecule has 0 radical (unpaired) electrons. The fourth-order valence-electron chi connectivity index (χ4n) is 5.69. The molecule has 5 rings (SSSR count). The van der Waals surface area contributed by atoms with Crippen LogP contribution in [-0.2, 0) is 9.53 Å². The molecule has 1 aliphatic rings. The van der Waals surface area contributed by atoms with Gasteiger partial charge in [-0.3, -0.25) is 9.78 Å². The van der Waals surface area contributed by atoms with Crippen LogP contribution in [0.1, 0.15) is 65.6 Å². The molecule has 11 nitrogen and oxygen atoms in total. The van der Waals surface area contributed by atoms with Gasteiger partial charge in [0, 0.05) is 43.7 Å². The number of esters is 1. The summed E-state index contributed by atoms with van der Waals surface area (Å²) in [5.41, 5.74) is 0.505. The van der Waals surface area contributed by atoms with Crippen molar-refractivity contribution in [2.45, 2.75) is 73.0 Å². The topological polar surface area (TPSA) is 120 Å².